The molecule has 0 fully saturated rings. The summed E-state index contributed by atoms with van der Waals surface area (Å²) < 4.78 is 26.5. The Morgan fingerprint density at radius 3 is 2.41 bits per heavy atom. The van der Waals surface area contributed by atoms with Gasteiger partial charge in [-0.2, -0.15) is 0 Å². The van der Waals surface area contributed by atoms with Crippen LogP contribution in [0, 0.1) is 11.6 Å². The monoisotopic (exact) mass is 241 g/mol. The van der Waals surface area contributed by atoms with E-state index in [4.69, 9.17) is 0 Å². The maximum Gasteiger partial charge on any atom is 0.256 e. The maximum atomic E-state index is 13.5. The van der Waals surface area contributed by atoms with Gasteiger partial charge in [0.1, 0.15) is 0 Å². The first kappa shape index (κ1) is 13.6. The lowest BCUT2D eigenvalue weighted by Crippen LogP contribution is -2.36. The number of hydrogen-bond donors (Lipinski definition) is 0. The minimum atomic E-state index is -1.07. The molecule has 1 amide bonds. The summed E-state index contributed by atoms with van der Waals surface area (Å²) in [6, 6.07) is 3.69. The minimum absolute atomic E-state index is 0.0465. The topological polar surface area (TPSA) is 20.3 Å². The second-order valence-corrected chi connectivity index (χ2v) is 3.99. The molecule has 4 heteroatoms. The van der Waals surface area contributed by atoms with Crippen LogP contribution in [0.5, 0.6) is 0 Å². The van der Waals surface area contributed by atoms with Crippen molar-refractivity contribution in [3.8, 4) is 0 Å². The summed E-state index contributed by atoms with van der Waals surface area (Å²) in [5.41, 5.74) is -0.209. The van der Waals surface area contributed by atoms with Crippen molar-refractivity contribution in [2.75, 3.05) is 7.05 Å². The van der Waals surface area contributed by atoms with Gasteiger partial charge in [0.15, 0.2) is 11.6 Å². The molecule has 2 nitrogen and oxygen atoms in total. The Morgan fingerprint density at radius 2 is 1.88 bits per heavy atom. The summed E-state index contributed by atoms with van der Waals surface area (Å²) >= 11 is 0. The third kappa shape index (κ3) is 2.81. The Labute approximate surface area is 100 Å². The lowest BCUT2D eigenvalue weighted by atomic mass is 10.1. The van der Waals surface area contributed by atoms with Crippen LogP contribution < -0.4 is 0 Å². The third-order valence-electron chi connectivity index (χ3n) is 2.99. The Kier molecular flexibility index (Phi) is 4.61. The molecule has 1 aromatic rings. The van der Waals surface area contributed by atoms with E-state index in [2.05, 4.69) is 0 Å². The predicted molar refractivity (Wildman–Crippen MR) is 62.8 cm³/mol. The van der Waals surface area contributed by atoms with Crippen LogP contribution >= 0.6 is 0 Å². The number of nitrogens with zero attached hydrogens (tertiary/aromatic N) is 1. The second-order valence-electron chi connectivity index (χ2n) is 3.99. The van der Waals surface area contributed by atoms with Gasteiger partial charge in [0.25, 0.3) is 5.91 Å². The number of amides is 1. The van der Waals surface area contributed by atoms with E-state index in [0.29, 0.717) is 0 Å². The Hall–Kier alpha value is -1.45. The average Bonchev–Trinajstić information content (AvgIpc) is 2.33. The molecule has 0 aliphatic carbocycles. The highest BCUT2D eigenvalue weighted by Crippen LogP contribution is 2.16. The van der Waals surface area contributed by atoms with Crippen LogP contribution in [0.15, 0.2) is 18.2 Å². The fourth-order valence-corrected chi connectivity index (χ4v) is 1.86. The van der Waals surface area contributed by atoms with Crippen molar-refractivity contribution in [1.29, 1.82) is 0 Å². The number of carbonyl (C=O) groups excluding carboxylic acids is 1. The number of hydrogen-bond acceptors (Lipinski definition) is 1. The lowest BCUT2D eigenvalue weighted by Gasteiger charge is -2.26. The highest BCUT2D eigenvalue weighted by Gasteiger charge is 2.22. The molecular weight excluding hydrogens is 224 g/mol. The molecule has 94 valence electrons. The molecule has 0 aliphatic rings. The molecule has 17 heavy (non-hydrogen) atoms. The van der Waals surface area contributed by atoms with Crippen molar-refractivity contribution in [2.45, 2.75) is 32.7 Å². The number of rotatable bonds is 4. The zero-order chi connectivity index (χ0) is 13.0. The van der Waals surface area contributed by atoms with Crippen molar-refractivity contribution in [1.82, 2.24) is 4.90 Å². The van der Waals surface area contributed by atoms with Crippen LogP contribution in [0.3, 0.4) is 0 Å². The van der Waals surface area contributed by atoms with Gasteiger partial charge in [0.05, 0.1) is 5.56 Å². The molecule has 0 radical (unpaired) electrons. The van der Waals surface area contributed by atoms with Crippen molar-refractivity contribution < 1.29 is 13.6 Å². The van der Waals surface area contributed by atoms with Crippen molar-refractivity contribution >= 4 is 5.91 Å². The van der Waals surface area contributed by atoms with Crippen LogP contribution in [0.25, 0.3) is 0 Å². The molecule has 1 aromatic carbocycles. The fraction of sp³-hybridized carbons (Fsp3) is 0.462. The van der Waals surface area contributed by atoms with Gasteiger partial charge in [-0.05, 0) is 25.0 Å². The van der Waals surface area contributed by atoms with Gasteiger partial charge in [-0.15, -0.1) is 0 Å². The third-order valence-corrected chi connectivity index (χ3v) is 2.99. The summed E-state index contributed by atoms with van der Waals surface area (Å²) in [4.78, 5) is 13.5. The zero-order valence-corrected chi connectivity index (χ0v) is 10.3. The summed E-state index contributed by atoms with van der Waals surface area (Å²) in [5, 5.41) is 0. The first-order valence-electron chi connectivity index (χ1n) is 5.74. The smallest absolute Gasteiger partial charge is 0.256 e. The lowest BCUT2D eigenvalue weighted by molar-refractivity contribution is 0.0718. The quantitative estimate of drug-likeness (QED) is 0.792. The molecule has 0 atom stereocenters. The van der Waals surface area contributed by atoms with Crippen LogP contribution in [0.1, 0.15) is 37.0 Å². The molecule has 0 saturated heterocycles. The zero-order valence-electron chi connectivity index (χ0n) is 10.3. The molecule has 0 saturated carbocycles. The van der Waals surface area contributed by atoms with Gasteiger partial charge in [0, 0.05) is 13.1 Å². The number of halogens is 2. The molecule has 1 rings (SSSR count). The molecule has 0 unspecified atom stereocenters. The summed E-state index contributed by atoms with van der Waals surface area (Å²) in [6.45, 7) is 3.92. The summed E-state index contributed by atoms with van der Waals surface area (Å²) in [7, 11) is 1.62. The normalized spacial score (nSPS) is 10.7. The minimum Gasteiger partial charge on any atom is -0.339 e. The van der Waals surface area contributed by atoms with Crippen LogP contribution in [-0.4, -0.2) is 23.9 Å². The average molecular weight is 241 g/mol. The van der Waals surface area contributed by atoms with E-state index in [1.165, 1.54) is 17.0 Å². The Morgan fingerprint density at radius 1 is 1.29 bits per heavy atom. The van der Waals surface area contributed by atoms with E-state index in [1.807, 2.05) is 13.8 Å². The van der Waals surface area contributed by atoms with Crippen molar-refractivity contribution in [3.63, 3.8) is 0 Å². The number of benzene rings is 1. The summed E-state index contributed by atoms with van der Waals surface area (Å²) in [6.07, 6.45) is 1.57. The Bertz CT molecular complexity index is 402. The van der Waals surface area contributed by atoms with Gasteiger partial charge in [-0.1, -0.05) is 19.9 Å². The van der Waals surface area contributed by atoms with E-state index in [1.54, 1.807) is 7.05 Å². The molecule has 0 aliphatic heterocycles. The second kappa shape index (κ2) is 5.75. The van der Waals surface area contributed by atoms with Gasteiger partial charge in [-0.3, -0.25) is 4.79 Å². The fourth-order valence-electron chi connectivity index (χ4n) is 1.86. The Balaban J connectivity index is 3.00. The van der Waals surface area contributed by atoms with E-state index in [9.17, 15) is 13.6 Å². The van der Waals surface area contributed by atoms with Crippen LogP contribution in [0.4, 0.5) is 8.78 Å². The molecular formula is C13H17F2NO. The maximum absolute atomic E-state index is 13.5. The molecule has 0 N–H and O–H groups in total. The molecule has 0 heterocycles. The van der Waals surface area contributed by atoms with E-state index in [-0.39, 0.29) is 11.6 Å². The van der Waals surface area contributed by atoms with Gasteiger partial charge < -0.3 is 4.90 Å². The first-order chi connectivity index (χ1) is 8.02. The van der Waals surface area contributed by atoms with E-state index in [0.717, 1.165) is 18.9 Å². The first-order valence-corrected chi connectivity index (χ1v) is 5.74. The summed E-state index contributed by atoms with van der Waals surface area (Å²) in [5.74, 6) is -2.54. The molecule has 0 aromatic heterocycles. The predicted octanol–water partition coefficient (Wildman–Crippen LogP) is 3.23. The van der Waals surface area contributed by atoms with Crippen LogP contribution in [0.2, 0.25) is 0 Å². The highest BCUT2D eigenvalue weighted by molar-refractivity contribution is 5.94. The SMILES string of the molecule is CCC(CC)N(C)C(=O)c1cccc(F)c1F. The van der Waals surface area contributed by atoms with E-state index < -0.39 is 17.5 Å². The standard InChI is InChI=1S/C13H17F2NO/c1-4-9(5-2)16(3)13(17)10-7-6-8-11(14)12(10)15/h6-9H,4-5H2,1-3H3. The van der Waals surface area contributed by atoms with Crippen LogP contribution in [-0.2, 0) is 0 Å². The van der Waals surface area contributed by atoms with Crippen molar-refractivity contribution in [3.05, 3.63) is 35.4 Å². The van der Waals surface area contributed by atoms with Gasteiger partial charge in [0.2, 0.25) is 0 Å². The van der Waals surface area contributed by atoms with Crippen molar-refractivity contribution in [2.24, 2.45) is 0 Å². The highest BCUT2D eigenvalue weighted by atomic mass is 19.2. The number of carbonyl (C=O) groups is 1. The van der Waals surface area contributed by atoms with E-state index >= 15 is 0 Å². The largest absolute Gasteiger partial charge is 0.339 e. The van der Waals surface area contributed by atoms with Gasteiger partial charge >= 0.3 is 0 Å². The molecule has 0 bridgehead atoms. The van der Waals surface area contributed by atoms with Gasteiger partial charge in [-0.25, -0.2) is 8.78 Å². The molecule has 0 spiro atoms.